The zero-order valence-electron chi connectivity index (χ0n) is 18.4. The molecule has 2 heterocycles. The molecule has 1 fully saturated rings. The van der Waals surface area contributed by atoms with Gasteiger partial charge < -0.3 is 24.7 Å². The number of hydrogen-bond donors (Lipinski definition) is 1. The van der Waals surface area contributed by atoms with E-state index in [1.807, 2.05) is 13.0 Å². The number of fused-ring (bicyclic) bond motifs is 1. The topological polar surface area (TPSA) is 84.8 Å². The molecule has 2 aromatic rings. The predicted molar refractivity (Wildman–Crippen MR) is 120 cm³/mol. The van der Waals surface area contributed by atoms with Crippen molar-refractivity contribution in [2.75, 3.05) is 40.3 Å². The van der Waals surface area contributed by atoms with E-state index in [4.69, 9.17) is 19.9 Å². The van der Waals surface area contributed by atoms with Crippen LogP contribution in [0.2, 0.25) is 0 Å². The van der Waals surface area contributed by atoms with Gasteiger partial charge in [-0.25, -0.2) is 9.78 Å². The Kier molecular flexibility index (Phi) is 7.15. The van der Waals surface area contributed by atoms with Crippen molar-refractivity contribution in [3.05, 3.63) is 52.0 Å². The highest BCUT2D eigenvalue weighted by Crippen LogP contribution is 2.28. The fourth-order valence-corrected chi connectivity index (χ4v) is 3.93. The number of methoxy groups -OCH3 is 1. The number of piperazine rings is 1. The molecule has 1 saturated heterocycles. The molecule has 1 aromatic heterocycles. The van der Waals surface area contributed by atoms with E-state index in [0.29, 0.717) is 29.0 Å². The average Bonchev–Trinajstić information content (AvgIpc) is 2.75. The molecule has 7 heteroatoms. The second-order valence-electron chi connectivity index (χ2n) is 7.60. The fourth-order valence-electron chi connectivity index (χ4n) is 3.93. The molecule has 162 valence electrons. The van der Waals surface area contributed by atoms with Crippen molar-refractivity contribution < 1.29 is 9.15 Å². The summed E-state index contributed by atoms with van der Waals surface area (Å²) < 4.78 is 11.2. The van der Waals surface area contributed by atoms with E-state index in [9.17, 15) is 4.79 Å². The Morgan fingerprint density at radius 1 is 1.27 bits per heavy atom. The number of likely N-dealkylation sites (N-methyl/N-ethyl adjacent to an activating group) is 1. The van der Waals surface area contributed by atoms with Gasteiger partial charge in [0.15, 0.2) is 0 Å². The second-order valence-corrected chi connectivity index (χ2v) is 7.60. The molecule has 1 aromatic carbocycles. The zero-order chi connectivity index (χ0) is 21.7. The molecular weight excluding hydrogens is 380 g/mol. The van der Waals surface area contributed by atoms with E-state index in [1.165, 1.54) is 6.20 Å². The lowest BCUT2D eigenvalue weighted by Gasteiger charge is -2.36. The molecule has 1 aliphatic heterocycles. The number of nitrogens with zero attached hydrogens (tertiary/aromatic N) is 3. The normalized spacial score (nSPS) is 16.3. The van der Waals surface area contributed by atoms with Crippen molar-refractivity contribution in [1.29, 1.82) is 0 Å². The minimum atomic E-state index is -0.383. The van der Waals surface area contributed by atoms with Crippen molar-refractivity contribution in [3.8, 4) is 5.75 Å². The van der Waals surface area contributed by atoms with Crippen LogP contribution in [-0.2, 0) is 6.42 Å². The summed E-state index contributed by atoms with van der Waals surface area (Å²) in [4.78, 5) is 22.3. The molecule has 0 bridgehead atoms. The monoisotopic (exact) mass is 412 g/mol. The number of nitrogens with two attached hydrogens (primary N) is 1. The lowest BCUT2D eigenvalue weighted by molar-refractivity contribution is 0.182. The fraction of sp³-hybridized carbons (Fsp3) is 0.478. The van der Waals surface area contributed by atoms with Gasteiger partial charge in [0.05, 0.1) is 23.6 Å². The van der Waals surface area contributed by atoms with E-state index in [-0.39, 0.29) is 5.63 Å². The summed E-state index contributed by atoms with van der Waals surface area (Å²) in [5, 5.41) is 0.509. The average molecular weight is 413 g/mol. The third-order valence-corrected chi connectivity index (χ3v) is 5.58. The minimum absolute atomic E-state index is 0.298. The van der Waals surface area contributed by atoms with Gasteiger partial charge in [-0.2, -0.15) is 0 Å². The van der Waals surface area contributed by atoms with Crippen LogP contribution >= 0.6 is 0 Å². The van der Waals surface area contributed by atoms with E-state index in [1.54, 1.807) is 19.3 Å². The van der Waals surface area contributed by atoms with Crippen molar-refractivity contribution in [3.63, 3.8) is 0 Å². The van der Waals surface area contributed by atoms with Crippen LogP contribution in [0.3, 0.4) is 0 Å². The van der Waals surface area contributed by atoms with Gasteiger partial charge in [0.1, 0.15) is 5.75 Å². The maximum Gasteiger partial charge on any atom is 0.347 e. The summed E-state index contributed by atoms with van der Waals surface area (Å²) in [6.45, 7) is 7.94. The highest BCUT2D eigenvalue weighted by atomic mass is 16.5. The largest absolute Gasteiger partial charge is 0.497 e. The molecular formula is C23H32N4O3. The second kappa shape index (κ2) is 9.80. The molecule has 1 aliphatic rings. The van der Waals surface area contributed by atoms with Crippen molar-refractivity contribution in [2.45, 2.75) is 33.1 Å². The molecule has 0 atom stereocenters. The molecule has 3 rings (SSSR count). The number of aromatic nitrogens is 1. The Morgan fingerprint density at radius 2 is 2.00 bits per heavy atom. The van der Waals surface area contributed by atoms with Crippen LogP contribution in [0.4, 0.5) is 0 Å². The van der Waals surface area contributed by atoms with Crippen LogP contribution in [0, 0.1) is 0 Å². The Bertz CT molecular complexity index is 1000. The lowest BCUT2D eigenvalue weighted by atomic mass is 10.1. The molecule has 0 spiro atoms. The first-order chi connectivity index (χ1) is 14.5. The molecule has 0 radical (unpaired) electrons. The number of benzene rings is 1. The first-order valence-electron chi connectivity index (χ1n) is 10.6. The van der Waals surface area contributed by atoms with Gasteiger partial charge in [-0.15, -0.1) is 0 Å². The molecule has 2 N–H and O–H groups in total. The molecule has 0 saturated carbocycles. The molecule has 7 nitrogen and oxygen atoms in total. The van der Waals surface area contributed by atoms with Gasteiger partial charge in [0, 0.05) is 37.9 Å². The van der Waals surface area contributed by atoms with E-state index < -0.39 is 0 Å². The van der Waals surface area contributed by atoms with Crippen molar-refractivity contribution in [1.82, 2.24) is 14.8 Å². The van der Waals surface area contributed by atoms with Gasteiger partial charge in [0.25, 0.3) is 0 Å². The number of aryl methyl sites for hydroxylation is 1. The van der Waals surface area contributed by atoms with Crippen LogP contribution in [0.5, 0.6) is 5.75 Å². The summed E-state index contributed by atoms with van der Waals surface area (Å²) in [5.41, 5.74) is 8.73. The summed E-state index contributed by atoms with van der Waals surface area (Å²) >= 11 is 0. The molecule has 0 amide bonds. The third kappa shape index (κ3) is 4.51. The van der Waals surface area contributed by atoms with E-state index in [0.717, 1.165) is 55.9 Å². The van der Waals surface area contributed by atoms with Crippen LogP contribution in [-0.4, -0.2) is 55.1 Å². The number of rotatable bonds is 7. The van der Waals surface area contributed by atoms with Crippen molar-refractivity contribution in [2.24, 2.45) is 5.73 Å². The maximum absolute atomic E-state index is 12.9. The van der Waals surface area contributed by atoms with Gasteiger partial charge in [-0.3, -0.25) is 0 Å². The Hall–Kier alpha value is -2.80. The van der Waals surface area contributed by atoms with Gasteiger partial charge in [-0.05, 0) is 43.8 Å². The minimum Gasteiger partial charge on any atom is -0.497 e. The first kappa shape index (κ1) is 21.9. The summed E-state index contributed by atoms with van der Waals surface area (Å²) in [6.07, 6.45) is 5.78. The highest BCUT2D eigenvalue weighted by molar-refractivity contribution is 5.84. The van der Waals surface area contributed by atoms with Crippen molar-refractivity contribution >= 4 is 16.5 Å². The summed E-state index contributed by atoms with van der Waals surface area (Å²) in [7, 11) is 3.74. The van der Waals surface area contributed by atoms with Crippen LogP contribution in [0.25, 0.3) is 16.5 Å². The zero-order valence-corrected chi connectivity index (χ0v) is 18.4. The van der Waals surface area contributed by atoms with E-state index >= 15 is 0 Å². The number of ether oxygens (including phenoxy) is 1. The van der Waals surface area contributed by atoms with Crippen LogP contribution in [0.1, 0.15) is 38.1 Å². The SMILES string of the molecule is CCC/C(=C(\C=C/N)c1nc2cc(OC)cc(CC)c2c(=O)o1)N1CCN(C)CC1. The lowest BCUT2D eigenvalue weighted by Crippen LogP contribution is -2.44. The van der Waals surface area contributed by atoms with E-state index in [2.05, 4.69) is 23.8 Å². The summed E-state index contributed by atoms with van der Waals surface area (Å²) in [5.74, 6) is 0.975. The smallest absolute Gasteiger partial charge is 0.347 e. The Labute approximate surface area is 177 Å². The van der Waals surface area contributed by atoms with Crippen LogP contribution < -0.4 is 16.1 Å². The Balaban J connectivity index is 2.21. The molecule has 0 aliphatic carbocycles. The first-order valence-corrected chi connectivity index (χ1v) is 10.6. The molecule has 30 heavy (non-hydrogen) atoms. The predicted octanol–water partition coefficient (Wildman–Crippen LogP) is 2.99. The van der Waals surface area contributed by atoms with Gasteiger partial charge in [-0.1, -0.05) is 20.3 Å². The number of allylic oxidation sites excluding steroid dienone is 3. The third-order valence-electron chi connectivity index (χ3n) is 5.58. The highest BCUT2D eigenvalue weighted by Gasteiger charge is 2.22. The van der Waals surface area contributed by atoms with Gasteiger partial charge in [0.2, 0.25) is 5.89 Å². The molecule has 0 unspecified atom stereocenters. The maximum atomic E-state index is 12.9. The van der Waals surface area contributed by atoms with Crippen LogP contribution in [0.15, 0.2) is 39.3 Å². The summed E-state index contributed by atoms with van der Waals surface area (Å²) in [6, 6.07) is 3.65. The van der Waals surface area contributed by atoms with Gasteiger partial charge >= 0.3 is 5.63 Å². The standard InChI is InChI=1S/C23H32N4O3/c1-5-7-20(27-12-10-26(3)11-13-27)18(8-9-24)22-25-19-15-17(29-4)14-16(6-2)21(19)23(28)30-22/h8-9,14-15H,5-7,10-13,24H2,1-4H3/b9-8-,20-18-. The Morgan fingerprint density at radius 3 is 2.60 bits per heavy atom. The number of hydrogen-bond acceptors (Lipinski definition) is 7. The quantitative estimate of drug-likeness (QED) is 0.700.